The highest BCUT2D eigenvalue weighted by Gasteiger charge is 2.08. The van der Waals surface area contributed by atoms with Crippen LogP contribution in [-0.2, 0) is 13.0 Å². The minimum absolute atomic E-state index is 0.0196. The van der Waals surface area contributed by atoms with Gasteiger partial charge in [0, 0.05) is 11.4 Å². The molecule has 0 bridgehead atoms. The second-order valence-electron chi connectivity index (χ2n) is 4.18. The number of rotatable bonds is 5. The number of amides is 1. The largest absolute Gasteiger partial charge is 0.347 e. The number of aryl methyl sites for hydroxylation is 1. The summed E-state index contributed by atoms with van der Waals surface area (Å²) in [6.07, 6.45) is 2.17. The van der Waals surface area contributed by atoms with Gasteiger partial charge in [-0.1, -0.05) is 43.7 Å². The molecular formula is C15H17NOS. The lowest BCUT2D eigenvalue weighted by Gasteiger charge is -2.03. The van der Waals surface area contributed by atoms with Crippen molar-refractivity contribution in [2.24, 2.45) is 0 Å². The maximum atomic E-state index is 11.9. The predicted molar refractivity (Wildman–Crippen MR) is 75.9 cm³/mol. The van der Waals surface area contributed by atoms with E-state index in [4.69, 9.17) is 0 Å². The Bertz CT molecular complexity index is 504. The molecule has 0 saturated carbocycles. The molecule has 0 aliphatic carbocycles. The van der Waals surface area contributed by atoms with Gasteiger partial charge < -0.3 is 5.32 Å². The molecule has 0 fully saturated rings. The molecule has 1 heterocycles. The SMILES string of the molecule is CCCc1ccc(C(=O)NCc2ccccc2)s1. The number of nitrogens with one attached hydrogen (secondary N) is 1. The van der Waals surface area contributed by atoms with E-state index in [1.807, 2.05) is 42.5 Å². The number of carbonyl (C=O) groups is 1. The zero-order valence-corrected chi connectivity index (χ0v) is 11.3. The predicted octanol–water partition coefficient (Wildman–Crippen LogP) is 3.63. The molecule has 2 aromatic rings. The first kappa shape index (κ1) is 12.8. The van der Waals surface area contributed by atoms with Gasteiger partial charge in [-0.2, -0.15) is 0 Å². The van der Waals surface area contributed by atoms with Gasteiger partial charge in [-0.15, -0.1) is 11.3 Å². The van der Waals surface area contributed by atoms with Gasteiger partial charge in [0.1, 0.15) is 0 Å². The lowest BCUT2D eigenvalue weighted by Crippen LogP contribution is -2.21. The van der Waals surface area contributed by atoms with Crippen molar-refractivity contribution < 1.29 is 4.79 Å². The summed E-state index contributed by atoms with van der Waals surface area (Å²) in [5, 5.41) is 2.94. The van der Waals surface area contributed by atoms with Crippen molar-refractivity contribution in [2.45, 2.75) is 26.3 Å². The Kier molecular flexibility index (Phi) is 4.53. The minimum atomic E-state index is 0.0196. The van der Waals surface area contributed by atoms with E-state index < -0.39 is 0 Å². The van der Waals surface area contributed by atoms with Gasteiger partial charge in [0.05, 0.1) is 4.88 Å². The van der Waals surface area contributed by atoms with Gasteiger partial charge in [0.15, 0.2) is 0 Å². The van der Waals surface area contributed by atoms with Crippen LogP contribution in [0.5, 0.6) is 0 Å². The van der Waals surface area contributed by atoms with Gasteiger partial charge in [-0.3, -0.25) is 4.79 Å². The molecule has 18 heavy (non-hydrogen) atoms. The van der Waals surface area contributed by atoms with Crippen LogP contribution >= 0.6 is 11.3 Å². The fourth-order valence-corrected chi connectivity index (χ4v) is 2.77. The van der Waals surface area contributed by atoms with Crippen molar-refractivity contribution in [3.8, 4) is 0 Å². The molecule has 1 amide bonds. The smallest absolute Gasteiger partial charge is 0.261 e. The number of hydrogen-bond acceptors (Lipinski definition) is 2. The second kappa shape index (κ2) is 6.36. The Morgan fingerprint density at radius 3 is 2.67 bits per heavy atom. The van der Waals surface area contributed by atoms with Crippen LogP contribution in [0.2, 0.25) is 0 Å². The van der Waals surface area contributed by atoms with Crippen LogP contribution < -0.4 is 5.32 Å². The van der Waals surface area contributed by atoms with Gasteiger partial charge in [0.25, 0.3) is 5.91 Å². The van der Waals surface area contributed by atoms with E-state index in [0.29, 0.717) is 6.54 Å². The first-order chi connectivity index (χ1) is 8.79. The van der Waals surface area contributed by atoms with E-state index in [9.17, 15) is 4.79 Å². The fraction of sp³-hybridized carbons (Fsp3) is 0.267. The van der Waals surface area contributed by atoms with Crippen LogP contribution in [0, 0.1) is 0 Å². The Morgan fingerprint density at radius 1 is 1.17 bits per heavy atom. The molecule has 0 aliphatic rings. The minimum Gasteiger partial charge on any atom is -0.347 e. The van der Waals surface area contributed by atoms with Gasteiger partial charge in [-0.05, 0) is 24.1 Å². The summed E-state index contributed by atoms with van der Waals surface area (Å²) in [5.41, 5.74) is 1.12. The number of hydrogen-bond donors (Lipinski definition) is 1. The van der Waals surface area contributed by atoms with Gasteiger partial charge in [-0.25, -0.2) is 0 Å². The number of thiophene rings is 1. The molecule has 0 radical (unpaired) electrons. The molecule has 0 aliphatic heterocycles. The third-order valence-electron chi connectivity index (χ3n) is 2.68. The Morgan fingerprint density at radius 2 is 1.94 bits per heavy atom. The van der Waals surface area contributed by atoms with E-state index in [-0.39, 0.29) is 5.91 Å². The number of benzene rings is 1. The van der Waals surface area contributed by atoms with E-state index >= 15 is 0 Å². The molecular weight excluding hydrogens is 242 g/mol. The zero-order chi connectivity index (χ0) is 12.8. The maximum absolute atomic E-state index is 11.9. The monoisotopic (exact) mass is 259 g/mol. The van der Waals surface area contributed by atoms with Crippen molar-refractivity contribution >= 4 is 17.2 Å². The highest BCUT2D eigenvalue weighted by molar-refractivity contribution is 7.14. The van der Waals surface area contributed by atoms with E-state index in [0.717, 1.165) is 23.3 Å². The molecule has 0 spiro atoms. The second-order valence-corrected chi connectivity index (χ2v) is 5.35. The lowest BCUT2D eigenvalue weighted by atomic mass is 10.2. The van der Waals surface area contributed by atoms with E-state index in [2.05, 4.69) is 12.2 Å². The lowest BCUT2D eigenvalue weighted by molar-refractivity contribution is 0.0955. The fourth-order valence-electron chi connectivity index (χ4n) is 1.75. The van der Waals surface area contributed by atoms with Crippen LogP contribution in [0.25, 0.3) is 0 Å². The quantitative estimate of drug-likeness (QED) is 0.873. The molecule has 1 aromatic carbocycles. The Balaban J connectivity index is 1.91. The molecule has 2 nitrogen and oxygen atoms in total. The molecule has 2 rings (SSSR count). The summed E-state index contributed by atoms with van der Waals surface area (Å²) in [5.74, 6) is 0.0196. The molecule has 0 saturated heterocycles. The Labute approximate surface area is 112 Å². The highest BCUT2D eigenvalue weighted by atomic mass is 32.1. The third kappa shape index (κ3) is 3.44. The van der Waals surface area contributed by atoms with Crippen LogP contribution in [0.1, 0.15) is 33.5 Å². The molecule has 1 aromatic heterocycles. The Hall–Kier alpha value is -1.61. The summed E-state index contributed by atoms with van der Waals surface area (Å²) in [4.78, 5) is 14.0. The third-order valence-corrected chi connectivity index (χ3v) is 3.82. The van der Waals surface area contributed by atoms with Crippen LogP contribution in [0.3, 0.4) is 0 Å². The van der Waals surface area contributed by atoms with Crippen molar-refractivity contribution in [3.05, 3.63) is 57.8 Å². The van der Waals surface area contributed by atoms with Crippen molar-refractivity contribution in [3.63, 3.8) is 0 Å². The topological polar surface area (TPSA) is 29.1 Å². The maximum Gasteiger partial charge on any atom is 0.261 e. The first-order valence-corrected chi connectivity index (χ1v) is 7.02. The molecule has 3 heteroatoms. The van der Waals surface area contributed by atoms with E-state index in [1.165, 1.54) is 4.88 Å². The molecule has 0 unspecified atom stereocenters. The average Bonchev–Trinajstić information content (AvgIpc) is 2.86. The average molecular weight is 259 g/mol. The first-order valence-electron chi connectivity index (χ1n) is 6.20. The van der Waals surface area contributed by atoms with Gasteiger partial charge in [0.2, 0.25) is 0 Å². The highest BCUT2D eigenvalue weighted by Crippen LogP contribution is 2.17. The molecule has 1 N–H and O–H groups in total. The van der Waals surface area contributed by atoms with E-state index in [1.54, 1.807) is 11.3 Å². The summed E-state index contributed by atoms with van der Waals surface area (Å²) >= 11 is 1.59. The van der Waals surface area contributed by atoms with Crippen molar-refractivity contribution in [1.29, 1.82) is 0 Å². The summed E-state index contributed by atoms with van der Waals surface area (Å²) < 4.78 is 0. The molecule has 0 atom stereocenters. The van der Waals surface area contributed by atoms with Crippen molar-refractivity contribution in [2.75, 3.05) is 0 Å². The summed E-state index contributed by atoms with van der Waals surface area (Å²) in [6, 6.07) is 13.9. The van der Waals surface area contributed by atoms with Crippen LogP contribution in [0.15, 0.2) is 42.5 Å². The molecule has 94 valence electrons. The van der Waals surface area contributed by atoms with Gasteiger partial charge >= 0.3 is 0 Å². The number of carbonyl (C=O) groups excluding carboxylic acids is 1. The zero-order valence-electron chi connectivity index (χ0n) is 10.5. The summed E-state index contributed by atoms with van der Waals surface area (Å²) in [7, 11) is 0. The normalized spacial score (nSPS) is 10.3. The van der Waals surface area contributed by atoms with Crippen LogP contribution in [-0.4, -0.2) is 5.91 Å². The summed E-state index contributed by atoms with van der Waals surface area (Å²) in [6.45, 7) is 2.73. The standard InChI is InChI=1S/C15H17NOS/c1-2-6-13-9-10-14(18-13)15(17)16-11-12-7-4-3-5-8-12/h3-5,7-10H,2,6,11H2,1H3,(H,16,17). The van der Waals surface area contributed by atoms with Crippen LogP contribution in [0.4, 0.5) is 0 Å². The van der Waals surface area contributed by atoms with Crippen molar-refractivity contribution in [1.82, 2.24) is 5.32 Å².